The maximum absolute atomic E-state index is 6.19. The normalized spacial score (nSPS) is 11.3. The molecule has 0 unspecified atom stereocenters. The third kappa shape index (κ3) is 2.95. The molecule has 0 spiro atoms. The van der Waals surface area contributed by atoms with Crippen LogP contribution in [-0.2, 0) is 0 Å². The van der Waals surface area contributed by atoms with Crippen LogP contribution in [0.5, 0.6) is 0 Å². The Hall–Kier alpha value is -1.57. The smallest absolute Gasteiger partial charge is 0.0479 e. The Morgan fingerprint density at radius 2 is 1.60 bits per heavy atom. The number of fused-ring (bicyclic) bond motifs is 1. The highest BCUT2D eigenvalue weighted by Gasteiger charge is 1.98. The van der Waals surface area contributed by atoms with Crippen LogP contribution in [0.2, 0.25) is 5.02 Å². The summed E-state index contributed by atoms with van der Waals surface area (Å²) < 4.78 is 1.03. The lowest BCUT2D eigenvalue weighted by Gasteiger charge is -2.01. The van der Waals surface area contributed by atoms with Crippen LogP contribution in [0, 0.1) is 0 Å². The summed E-state index contributed by atoms with van der Waals surface area (Å²) in [5, 5.41) is 3.25. The van der Waals surface area contributed by atoms with Gasteiger partial charge in [-0.25, -0.2) is 0 Å². The van der Waals surface area contributed by atoms with Crippen LogP contribution in [0.15, 0.2) is 65.1 Å². The highest BCUT2D eigenvalue weighted by Crippen LogP contribution is 2.23. The summed E-state index contributed by atoms with van der Waals surface area (Å²) in [6, 6.07) is 20.6. The average molecular weight is 344 g/mol. The third-order valence-corrected chi connectivity index (χ3v) is 4.02. The summed E-state index contributed by atoms with van der Waals surface area (Å²) in [6.45, 7) is 0. The molecule has 0 bridgehead atoms. The van der Waals surface area contributed by atoms with Crippen LogP contribution in [0.4, 0.5) is 0 Å². The molecule has 98 valence electrons. The highest BCUT2D eigenvalue weighted by atomic mass is 79.9. The van der Waals surface area contributed by atoms with Gasteiger partial charge in [-0.15, -0.1) is 0 Å². The van der Waals surface area contributed by atoms with Gasteiger partial charge in [-0.3, -0.25) is 0 Å². The van der Waals surface area contributed by atoms with Crippen LogP contribution in [0.1, 0.15) is 11.1 Å². The molecule has 0 amide bonds. The first kappa shape index (κ1) is 13.4. The fourth-order valence-electron chi connectivity index (χ4n) is 2.14. The monoisotopic (exact) mass is 342 g/mol. The van der Waals surface area contributed by atoms with Gasteiger partial charge in [-0.2, -0.15) is 0 Å². The van der Waals surface area contributed by atoms with Gasteiger partial charge < -0.3 is 0 Å². The minimum absolute atomic E-state index is 0.755. The molecule has 3 aromatic rings. The van der Waals surface area contributed by atoms with Crippen LogP contribution in [0.3, 0.4) is 0 Å². The predicted octanol–water partition coefficient (Wildman–Crippen LogP) is 6.43. The van der Waals surface area contributed by atoms with E-state index in [9.17, 15) is 0 Å². The lowest BCUT2D eigenvalue weighted by Crippen LogP contribution is -1.77. The van der Waals surface area contributed by atoms with Gasteiger partial charge in [0.15, 0.2) is 0 Å². The van der Waals surface area contributed by atoms with Gasteiger partial charge >= 0.3 is 0 Å². The molecule has 0 radical (unpaired) electrons. The van der Waals surface area contributed by atoms with Crippen molar-refractivity contribution in [2.75, 3.05) is 0 Å². The number of rotatable bonds is 2. The Kier molecular flexibility index (Phi) is 3.90. The summed E-state index contributed by atoms with van der Waals surface area (Å²) in [5.74, 6) is 0. The summed E-state index contributed by atoms with van der Waals surface area (Å²) in [7, 11) is 0. The van der Waals surface area contributed by atoms with Crippen LogP contribution in [-0.4, -0.2) is 0 Å². The number of hydrogen-bond acceptors (Lipinski definition) is 0. The second kappa shape index (κ2) is 5.82. The fourth-order valence-corrected chi connectivity index (χ4v) is 2.70. The minimum Gasteiger partial charge on any atom is -0.0837 e. The van der Waals surface area contributed by atoms with E-state index in [1.54, 1.807) is 0 Å². The van der Waals surface area contributed by atoms with Crippen molar-refractivity contribution >= 4 is 50.5 Å². The van der Waals surface area contributed by atoms with E-state index < -0.39 is 0 Å². The second-order valence-electron chi connectivity index (χ2n) is 4.61. The van der Waals surface area contributed by atoms with E-state index in [0.717, 1.165) is 15.1 Å². The molecule has 0 fully saturated rings. The van der Waals surface area contributed by atoms with Crippen molar-refractivity contribution in [2.24, 2.45) is 0 Å². The molecular weight excluding hydrogens is 332 g/mol. The van der Waals surface area contributed by atoms with E-state index >= 15 is 0 Å². The zero-order valence-corrected chi connectivity index (χ0v) is 13.0. The Balaban J connectivity index is 1.96. The van der Waals surface area contributed by atoms with Crippen molar-refractivity contribution in [2.45, 2.75) is 0 Å². The first-order valence-corrected chi connectivity index (χ1v) is 7.51. The lowest BCUT2D eigenvalue weighted by atomic mass is 10.1. The lowest BCUT2D eigenvalue weighted by molar-refractivity contribution is 1.61. The first-order valence-electron chi connectivity index (χ1n) is 6.34. The Bertz CT molecular complexity index is 790. The van der Waals surface area contributed by atoms with Gasteiger partial charge in [0.2, 0.25) is 0 Å². The average Bonchev–Trinajstić information content (AvgIpc) is 2.48. The molecule has 3 aromatic carbocycles. The van der Waals surface area contributed by atoms with Crippen molar-refractivity contribution in [3.05, 3.63) is 81.3 Å². The molecule has 0 saturated heterocycles. The summed E-state index contributed by atoms with van der Waals surface area (Å²) in [5.41, 5.74) is 2.17. The first-order chi connectivity index (χ1) is 9.72. The van der Waals surface area contributed by atoms with Crippen molar-refractivity contribution < 1.29 is 0 Å². The molecule has 3 rings (SSSR count). The zero-order valence-electron chi connectivity index (χ0n) is 10.7. The second-order valence-corrected chi connectivity index (χ2v) is 5.93. The Labute approximate surface area is 131 Å². The summed E-state index contributed by atoms with van der Waals surface area (Å²) in [4.78, 5) is 0. The zero-order chi connectivity index (χ0) is 13.9. The van der Waals surface area contributed by atoms with Crippen LogP contribution in [0.25, 0.3) is 22.9 Å². The van der Waals surface area contributed by atoms with Gasteiger partial charge in [0, 0.05) is 9.50 Å². The maximum Gasteiger partial charge on any atom is 0.0479 e. The minimum atomic E-state index is 0.755. The molecule has 0 nitrogen and oxygen atoms in total. The molecule has 0 atom stereocenters. The van der Waals surface area contributed by atoms with Crippen molar-refractivity contribution in [3.8, 4) is 0 Å². The van der Waals surface area contributed by atoms with Crippen molar-refractivity contribution in [3.63, 3.8) is 0 Å². The third-order valence-electron chi connectivity index (χ3n) is 3.19. The van der Waals surface area contributed by atoms with Crippen LogP contribution >= 0.6 is 27.5 Å². The van der Waals surface area contributed by atoms with E-state index in [0.29, 0.717) is 0 Å². The molecule has 0 aliphatic rings. The Morgan fingerprint density at radius 3 is 2.45 bits per heavy atom. The van der Waals surface area contributed by atoms with Gasteiger partial charge in [-0.1, -0.05) is 76.1 Å². The molecule has 0 N–H and O–H groups in total. The molecule has 2 heteroatoms. The largest absolute Gasteiger partial charge is 0.0837 e. The quantitative estimate of drug-likeness (QED) is 0.471. The topological polar surface area (TPSA) is 0 Å². The molecule has 0 aromatic heterocycles. The molecule has 20 heavy (non-hydrogen) atoms. The van der Waals surface area contributed by atoms with Crippen LogP contribution < -0.4 is 0 Å². The number of hydrogen-bond donors (Lipinski definition) is 0. The standard InChI is InChI=1S/C18H12BrCl/c19-17-9-10-18(20)16(12-17)8-6-13-5-7-14-3-1-2-4-15(14)11-13/h1-12H/b8-6+. The molecule has 0 aliphatic carbocycles. The summed E-state index contributed by atoms with van der Waals surface area (Å²) >= 11 is 9.65. The van der Waals surface area contributed by atoms with Gasteiger partial charge in [0.1, 0.15) is 0 Å². The van der Waals surface area contributed by atoms with E-state index in [2.05, 4.69) is 64.5 Å². The SMILES string of the molecule is Clc1ccc(Br)cc1/C=C/c1ccc2ccccc2c1. The van der Waals surface area contributed by atoms with Crippen molar-refractivity contribution in [1.29, 1.82) is 0 Å². The highest BCUT2D eigenvalue weighted by molar-refractivity contribution is 9.10. The molecular formula is C18H12BrCl. The number of benzene rings is 3. The maximum atomic E-state index is 6.19. The van der Waals surface area contributed by atoms with Gasteiger partial charge in [0.25, 0.3) is 0 Å². The molecule has 0 heterocycles. The number of halogens is 2. The molecule has 0 saturated carbocycles. The van der Waals surface area contributed by atoms with E-state index in [1.807, 2.05) is 24.3 Å². The van der Waals surface area contributed by atoms with Gasteiger partial charge in [-0.05, 0) is 46.2 Å². The van der Waals surface area contributed by atoms with E-state index in [4.69, 9.17) is 11.6 Å². The van der Waals surface area contributed by atoms with Crippen molar-refractivity contribution in [1.82, 2.24) is 0 Å². The van der Waals surface area contributed by atoms with E-state index in [1.165, 1.54) is 16.3 Å². The molecule has 0 aliphatic heterocycles. The van der Waals surface area contributed by atoms with Gasteiger partial charge in [0.05, 0.1) is 0 Å². The van der Waals surface area contributed by atoms with E-state index in [-0.39, 0.29) is 0 Å². The Morgan fingerprint density at radius 1 is 0.800 bits per heavy atom. The fraction of sp³-hybridized carbons (Fsp3) is 0. The predicted molar refractivity (Wildman–Crippen MR) is 92.0 cm³/mol. The summed E-state index contributed by atoms with van der Waals surface area (Å²) in [6.07, 6.45) is 4.12.